The lowest BCUT2D eigenvalue weighted by molar-refractivity contribution is -0.151. The van der Waals surface area contributed by atoms with Crippen molar-refractivity contribution in [2.45, 2.75) is 45.6 Å². The Morgan fingerprint density at radius 1 is 1.29 bits per heavy atom. The van der Waals surface area contributed by atoms with Crippen LogP contribution in [0.2, 0.25) is 0 Å². The Labute approximate surface area is 159 Å². The number of fused-ring (bicyclic) bond motifs is 1. The van der Waals surface area contributed by atoms with E-state index >= 15 is 0 Å². The van der Waals surface area contributed by atoms with E-state index in [1.54, 1.807) is 6.92 Å². The second-order valence-corrected chi connectivity index (χ2v) is 6.11. The molecule has 1 atom stereocenters. The Morgan fingerprint density at radius 2 is 2.04 bits per heavy atom. The van der Waals surface area contributed by atoms with E-state index in [9.17, 15) is 19.2 Å². The molecule has 1 N–H and O–H groups in total. The molecule has 2 heterocycles. The maximum absolute atomic E-state index is 12.1. The van der Waals surface area contributed by atoms with Crippen LogP contribution in [-0.2, 0) is 21.3 Å². The molecular formula is C16H22N6O6. The Balaban J connectivity index is 1.85. The highest BCUT2D eigenvalue weighted by molar-refractivity contribution is 6.05. The van der Waals surface area contributed by atoms with Gasteiger partial charge in [0.25, 0.3) is 5.91 Å². The fourth-order valence-electron chi connectivity index (χ4n) is 2.35. The monoisotopic (exact) mass is 394 g/mol. The van der Waals surface area contributed by atoms with Gasteiger partial charge in [-0.2, -0.15) is 4.68 Å². The molecule has 0 fully saturated rings. The zero-order valence-corrected chi connectivity index (χ0v) is 15.9. The first-order chi connectivity index (χ1) is 13.3. The van der Waals surface area contributed by atoms with E-state index in [2.05, 4.69) is 27.0 Å². The third-order valence-electron chi connectivity index (χ3n) is 3.80. The Bertz CT molecular complexity index is 920. The molecule has 0 aliphatic heterocycles. The summed E-state index contributed by atoms with van der Waals surface area (Å²) in [5.74, 6) is -1.66. The SMILES string of the molecule is CCCCCC(C)OC(=O)COC(=O)NC(=O)c1ncn2c(=O)n(C)nnc12. The first-order valence-electron chi connectivity index (χ1n) is 8.78. The minimum Gasteiger partial charge on any atom is -0.460 e. The minimum atomic E-state index is -1.15. The molecule has 152 valence electrons. The van der Waals surface area contributed by atoms with E-state index < -0.39 is 30.3 Å². The number of carbonyl (C=O) groups excluding carboxylic acids is 3. The van der Waals surface area contributed by atoms with Gasteiger partial charge in [-0.15, -0.1) is 5.10 Å². The van der Waals surface area contributed by atoms with Crippen LogP contribution in [0.1, 0.15) is 50.0 Å². The summed E-state index contributed by atoms with van der Waals surface area (Å²) in [5, 5.41) is 9.14. The highest BCUT2D eigenvalue weighted by Crippen LogP contribution is 2.06. The highest BCUT2D eigenvalue weighted by Gasteiger charge is 2.20. The Kier molecular flexibility index (Phi) is 7.18. The van der Waals surface area contributed by atoms with Crippen molar-refractivity contribution in [2.75, 3.05) is 6.61 Å². The molecule has 28 heavy (non-hydrogen) atoms. The number of nitrogens with one attached hydrogen (secondary N) is 1. The van der Waals surface area contributed by atoms with Crippen LogP contribution in [0.5, 0.6) is 0 Å². The van der Waals surface area contributed by atoms with Crippen LogP contribution >= 0.6 is 0 Å². The van der Waals surface area contributed by atoms with Crippen LogP contribution < -0.4 is 11.0 Å². The molecule has 2 aromatic rings. The lowest BCUT2D eigenvalue weighted by Gasteiger charge is -2.13. The summed E-state index contributed by atoms with van der Waals surface area (Å²) in [6.45, 7) is 3.19. The summed E-state index contributed by atoms with van der Waals surface area (Å²) < 4.78 is 11.7. The van der Waals surface area contributed by atoms with Crippen LogP contribution in [0.3, 0.4) is 0 Å². The third kappa shape index (κ3) is 5.34. The van der Waals surface area contributed by atoms with Gasteiger partial charge in [0.15, 0.2) is 17.9 Å². The van der Waals surface area contributed by atoms with Crippen LogP contribution in [0.15, 0.2) is 11.1 Å². The Hall–Kier alpha value is -3.31. The lowest BCUT2D eigenvalue weighted by atomic mass is 10.1. The fraction of sp³-hybridized carbons (Fsp3) is 0.562. The number of hydrogen-bond acceptors (Lipinski definition) is 9. The number of carbonyl (C=O) groups is 3. The standard InChI is InChI=1S/C16H22N6O6/c1-4-5-6-7-10(2)28-11(23)8-27-15(25)18-14(24)12-13-19-20-21(3)16(26)22(13)9-17-12/h9-10H,4-8H2,1-3H3,(H,18,24,25). The van der Waals surface area contributed by atoms with E-state index in [1.165, 1.54) is 7.05 Å². The summed E-state index contributed by atoms with van der Waals surface area (Å²) in [4.78, 5) is 51.1. The maximum atomic E-state index is 12.1. The molecule has 0 aromatic carbocycles. The molecule has 0 radical (unpaired) electrons. The van der Waals surface area contributed by atoms with Gasteiger partial charge in [-0.1, -0.05) is 25.0 Å². The summed E-state index contributed by atoms with van der Waals surface area (Å²) in [7, 11) is 1.38. The van der Waals surface area contributed by atoms with Crippen molar-refractivity contribution in [1.29, 1.82) is 0 Å². The molecule has 12 nitrogen and oxygen atoms in total. The van der Waals surface area contributed by atoms with Crippen LogP contribution in [0.25, 0.3) is 5.65 Å². The van der Waals surface area contributed by atoms with Gasteiger partial charge >= 0.3 is 17.8 Å². The molecule has 2 amide bonds. The molecule has 1 unspecified atom stereocenters. The van der Waals surface area contributed by atoms with Gasteiger partial charge in [0.05, 0.1) is 6.10 Å². The van der Waals surface area contributed by atoms with Gasteiger partial charge in [-0.05, 0) is 19.8 Å². The Morgan fingerprint density at radius 3 is 2.75 bits per heavy atom. The zero-order chi connectivity index (χ0) is 20.7. The van der Waals surface area contributed by atoms with E-state index in [0.717, 1.165) is 41.1 Å². The van der Waals surface area contributed by atoms with Crippen molar-refractivity contribution in [2.24, 2.45) is 7.05 Å². The topological polar surface area (TPSA) is 147 Å². The smallest absolute Gasteiger partial charge is 0.414 e. The minimum absolute atomic E-state index is 0.117. The fourth-order valence-corrected chi connectivity index (χ4v) is 2.35. The first kappa shape index (κ1) is 21.0. The summed E-state index contributed by atoms with van der Waals surface area (Å²) in [6.07, 6.45) is 3.41. The first-order valence-corrected chi connectivity index (χ1v) is 8.78. The lowest BCUT2D eigenvalue weighted by Crippen LogP contribution is -2.34. The van der Waals surface area contributed by atoms with Crippen LogP contribution in [0, 0.1) is 0 Å². The van der Waals surface area contributed by atoms with Crippen molar-refractivity contribution in [3.8, 4) is 0 Å². The van der Waals surface area contributed by atoms with Crippen molar-refractivity contribution in [3.05, 3.63) is 22.5 Å². The van der Waals surface area contributed by atoms with Crippen molar-refractivity contribution >= 4 is 23.6 Å². The maximum Gasteiger partial charge on any atom is 0.414 e. The molecule has 0 spiro atoms. The molecule has 2 rings (SSSR count). The van der Waals surface area contributed by atoms with Crippen molar-refractivity contribution in [3.63, 3.8) is 0 Å². The number of ether oxygens (including phenoxy) is 2. The molecule has 0 saturated heterocycles. The number of imide groups is 1. The zero-order valence-electron chi connectivity index (χ0n) is 15.9. The number of hydrogen-bond donors (Lipinski definition) is 1. The molecule has 0 aliphatic carbocycles. The van der Waals surface area contributed by atoms with Crippen molar-refractivity contribution in [1.82, 2.24) is 29.7 Å². The average Bonchev–Trinajstić information content (AvgIpc) is 3.08. The van der Waals surface area contributed by atoms with Crippen LogP contribution in [-0.4, -0.2) is 55.1 Å². The third-order valence-corrected chi connectivity index (χ3v) is 3.80. The normalized spacial score (nSPS) is 11.8. The number of rotatable bonds is 8. The second-order valence-electron chi connectivity index (χ2n) is 6.11. The second kappa shape index (κ2) is 9.58. The number of unbranched alkanes of at least 4 members (excludes halogenated alkanes) is 2. The van der Waals surface area contributed by atoms with Gasteiger partial charge in [0.2, 0.25) is 0 Å². The number of imidazole rings is 1. The average molecular weight is 394 g/mol. The molecule has 0 bridgehead atoms. The van der Waals surface area contributed by atoms with E-state index in [1.807, 2.05) is 5.32 Å². The number of aromatic nitrogens is 5. The van der Waals surface area contributed by atoms with E-state index in [0.29, 0.717) is 0 Å². The molecule has 0 aliphatic rings. The number of alkyl carbamates (subject to hydrolysis) is 1. The molecule has 0 saturated carbocycles. The van der Waals surface area contributed by atoms with Crippen molar-refractivity contribution < 1.29 is 23.9 Å². The molecular weight excluding hydrogens is 372 g/mol. The summed E-state index contributed by atoms with van der Waals surface area (Å²) in [5.41, 5.74) is -0.960. The number of nitrogens with zero attached hydrogens (tertiary/aromatic N) is 5. The van der Waals surface area contributed by atoms with Gasteiger partial charge in [-0.3, -0.25) is 10.1 Å². The predicted octanol–water partition coefficient (Wildman–Crippen LogP) is 0.201. The molecule has 2 aromatic heterocycles. The van der Waals surface area contributed by atoms with Gasteiger partial charge in [0, 0.05) is 7.05 Å². The van der Waals surface area contributed by atoms with Gasteiger partial charge in [-0.25, -0.2) is 23.8 Å². The van der Waals surface area contributed by atoms with Crippen LogP contribution in [0.4, 0.5) is 4.79 Å². The van der Waals surface area contributed by atoms with Gasteiger partial charge in [0.1, 0.15) is 6.33 Å². The van der Waals surface area contributed by atoms with E-state index in [-0.39, 0.29) is 17.4 Å². The number of amides is 2. The summed E-state index contributed by atoms with van der Waals surface area (Å²) >= 11 is 0. The predicted molar refractivity (Wildman–Crippen MR) is 94.5 cm³/mol. The number of aryl methyl sites for hydroxylation is 1. The summed E-state index contributed by atoms with van der Waals surface area (Å²) in [6, 6.07) is 0. The largest absolute Gasteiger partial charge is 0.460 e. The molecule has 12 heteroatoms. The van der Waals surface area contributed by atoms with Gasteiger partial charge < -0.3 is 9.47 Å². The number of esters is 1. The van der Waals surface area contributed by atoms with E-state index in [4.69, 9.17) is 4.74 Å². The highest BCUT2D eigenvalue weighted by atomic mass is 16.6. The quantitative estimate of drug-likeness (QED) is 0.490.